The smallest absolute Gasteiger partial charge is 0.293 e. The Hall–Kier alpha value is -1.84. The van der Waals surface area contributed by atoms with E-state index in [4.69, 9.17) is 0 Å². The second-order valence-corrected chi connectivity index (χ2v) is 7.12. The predicted molar refractivity (Wildman–Crippen MR) is 84.9 cm³/mol. The normalized spacial score (nSPS) is 15.6. The Balaban J connectivity index is 2.46. The molecule has 0 saturated heterocycles. The quantitative estimate of drug-likeness (QED) is 0.852. The van der Waals surface area contributed by atoms with E-state index in [2.05, 4.69) is 0 Å². The van der Waals surface area contributed by atoms with Crippen LogP contribution >= 0.6 is 0 Å². The van der Waals surface area contributed by atoms with Crippen LogP contribution in [0.3, 0.4) is 0 Å². The average Bonchev–Trinajstić information content (AvgIpc) is 3.16. The fourth-order valence-electron chi connectivity index (χ4n) is 2.90. The summed E-state index contributed by atoms with van der Waals surface area (Å²) < 4.78 is 3.21. The fraction of sp³-hybridized carbons (Fsp3) is 0.529. The molecule has 1 heterocycles. The minimum atomic E-state index is -0.518. The van der Waals surface area contributed by atoms with Gasteiger partial charge in [-0.1, -0.05) is 12.1 Å². The molecule has 0 bridgehead atoms. The zero-order valence-corrected chi connectivity index (χ0v) is 13.1. The van der Waals surface area contributed by atoms with Crippen LogP contribution in [0.2, 0.25) is 0 Å². The molecule has 3 rings (SSSR count). The van der Waals surface area contributed by atoms with Gasteiger partial charge in [-0.3, -0.25) is 13.9 Å². The molecule has 2 aromatic rings. The van der Waals surface area contributed by atoms with E-state index in [1.165, 1.54) is 17.4 Å². The number of aryl methyl sites for hydroxylation is 1. The van der Waals surface area contributed by atoms with Crippen molar-refractivity contribution >= 4 is 10.9 Å². The monoisotopic (exact) mass is 286 g/mol. The number of hydrogen-bond acceptors (Lipinski definition) is 2. The highest BCUT2D eigenvalue weighted by molar-refractivity contribution is 5.81. The van der Waals surface area contributed by atoms with Crippen molar-refractivity contribution in [3.63, 3.8) is 0 Å². The van der Waals surface area contributed by atoms with Crippen LogP contribution in [0, 0.1) is 12.8 Å². The summed E-state index contributed by atoms with van der Waals surface area (Å²) >= 11 is 0. The summed E-state index contributed by atoms with van der Waals surface area (Å²) in [6.07, 6.45) is 2.35. The largest absolute Gasteiger partial charge is 0.331 e. The predicted octanol–water partition coefficient (Wildman–Crippen LogP) is 2.64. The second-order valence-electron chi connectivity index (χ2n) is 7.12. The van der Waals surface area contributed by atoms with Crippen molar-refractivity contribution in [3.05, 3.63) is 44.6 Å². The number of nitrogens with zero attached hydrogens (tertiary/aromatic N) is 2. The third-order valence-corrected chi connectivity index (χ3v) is 4.19. The summed E-state index contributed by atoms with van der Waals surface area (Å²) in [6.45, 7) is 8.36. The maximum absolute atomic E-state index is 12.9. The summed E-state index contributed by atoms with van der Waals surface area (Å²) in [5.74, 6) is 0.581. The van der Waals surface area contributed by atoms with Gasteiger partial charge in [0.15, 0.2) is 0 Å². The third-order valence-electron chi connectivity index (χ3n) is 4.19. The minimum absolute atomic E-state index is 0.173. The molecule has 0 N–H and O–H groups in total. The van der Waals surface area contributed by atoms with Crippen LogP contribution in [0.25, 0.3) is 10.9 Å². The molecule has 0 aliphatic heterocycles. The third kappa shape index (κ3) is 2.33. The van der Waals surface area contributed by atoms with Crippen molar-refractivity contribution in [1.29, 1.82) is 0 Å². The van der Waals surface area contributed by atoms with Crippen LogP contribution in [0.1, 0.15) is 39.2 Å². The molecule has 1 aliphatic rings. The lowest BCUT2D eigenvalue weighted by Crippen LogP contribution is -2.48. The summed E-state index contributed by atoms with van der Waals surface area (Å²) in [4.78, 5) is 25.7. The van der Waals surface area contributed by atoms with E-state index in [-0.39, 0.29) is 11.2 Å². The van der Waals surface area contributed by atoms with Crippen LogP contribution in [0.5, 0.6) is 0 Å². The first-order valence-corrected chi connectivity index (χ1v) is 7.56. The Labute approximate surface area is 124 Å². The Kier molecular flexibility index (Phi) is 3.08. The van der Waals surface area contributed by atoms with Crippen molar-refractivity contribution < 1.29 is 0 Å². The van der Waals surface area contributed by atoms with Crippen molar-refractivity contribution in [1.82, 2.24) is 9.13 Å². The van der Waals surface area contributed by atoms with E-state index in [9.17, 15) is 9.59 Å². The van der Waals surface area contributed by atoms with Gasteiger partial charge < -0.3 is 0 Å². The van der Waals surface area contributed by atoms with Gasteiger partial charge in [-0.25, -0.2) is 4.79 Å². The van der Waals surface area contributed by atoms with Crippen LogP contribution < -0.4 is 11.2 Å². The van der Waals surface area contributed by atoms with Gasteiger partial charge >= 0.3 is 5.69 Å². The highest BCUT2D eigenvalue weighted by Crippen LogP contribution is 2.31. The number of fused-ring (bicyclic) bond motifs is 1. The van der Waals surface area contributed by atoms with Gasteiger partial charge in [-0.15, -0.1) is 0 Å². The molecule has 0 unspecified atom stereocenters. The van der Waals surface area contributed by atoms with Gasteiger partial charge in [0.25, 0.3) is 5.56 Å². The maximum Gasteiger partial charge on any atom is 0.331 e. The van der Waals surface area contributed by atoms with Gasteiger partial charge in [-0.05, 0) is 58.1 Å². The number of rotatable bonds is 2. The lowest BCUT2D eigenvalue weighted by Gasteiger charge is -2.24. The average molecular weight is 286 g/mol. The van der Waals surface area contributed by atoms with Crippen LogP contribution in [-0.4, -0.2) is 9.13 Å². The summed E-state index contributed by atoms with van der Waals surface area (Å²) in [5.41, 5.74) is 0.832. The molecule has 4 nitrogen and oxygen atoms in total. The molecular formula is C17H22N2O2. The molecule has 112 valence electrons. The second kappa shape index (κ2) is 4.58. The van der Waals surface area contributed by atoms with Gasteiger partial charge in [0.2, 0.25) is 0 Å². The maximum atomic E-state index is 12.9. The molecule has 1 aromatic heterocycles. The first-order chi connectivity index (χ1) is 9.80. The molecule has 1 aromatic carbocycles. The van der Waals surface area contributed by atoms with E-state index in [1.807, 2.05) is 45.9 Å². The number of aromatic nitrogens is 2. The highest BCUT2D eigenvalue weighted by atomic mass is 16.2. The standard InChI is InChI=1S/C17H22N2O2/c1-11-6-5-7-13-14(11)15(20)19(17(2,3)4)16(21)18(13)10-12-8-9-12/h5-7,12H,8-10H2,1-4H3. The topological polar surface area (TPSA) is 44.0 Å². The molecule has 1 fully saturated rings. The number of hydrogen-bond donors (Lipinski definition) is 0. The molecule has 0 radical (unpaired) electrons. The Bertz CT molecular complexity index is 818. The van der Waals surface area contributed by atoms with E-state index in [0.717, 1.165) is 17.6 Å². The van der Waals surface area contributed by atoms with E-state index < -0.39 is 5.54 Å². The van der Waals surface area contributed by atoms with Crippen molar-refractivity contribution in [2.75, 3.05) is 0 Å². The van der Waals surface area contributed by atoms with Crippen LogP contribution in [0.15, 0.2) is 27.8 Å². The van der Waals surface area contributed by atoms with E-state index in [1.54, 1.807) is 4.57 Å². The van der Waals surface area contributed by atoms with E-state index >= 15 is 0 Å². The highest BCUT2D eigenvalue weighted by Gasteiger charge is 2.27. The van der Waals surface area contributed by atoms with Gasteiger partial charge in [0, 0.05) is 12.1 Å². The first kappa shape index (κ1) is 14.1. The minimum Gasteiger partial charge on any atom is -0.293 e. The Morgan fingerprint density at radius 3 is 2.43 bits per heavy atom. The van der Waals surface area contributed by atoms with Crippen molar-refractivity contribution in [3.8, 4) is 0 Å². The molecule has 21 heavy (non-hydrogen) atoms. The SMILES string of the molecule is Cc1cccc2c1c(=O)n(C(C)(C)C)c(=O)n2CC1CC1. The molecule has 1 saturated carbocycles. The zero-order valence-electron chi connectivity index (χ0n) is 13.1. The van der Waals surface area contributed by atoms with Gasteiger partial charge in [0.05, 0.1) is 10.9 Å². The molecule has 0 spiro atoms. The zero-order chi connectivity index (χ0) is 15.4. The molecule has 1 aliphatic carbocycles. The molecule has 4 heteroatoms. The lowest BCUT2D eigenvalue weighted by molar-refractivity contribution is 0.356. The Morgan fingerprint density at radius 2 is 1.86 bits per heavy atom. The summed E-state index contributed by atoms with van der Waals surface area (Å²) in [5, 5.41) is 0.674. The number of benzene rings is 1. The van der Waals surface area contributed by atoms with Gasteiger partial charge in [0.1, 0.15) is 0 Å². The fourth-order valence-corrected chi connectivity index (χ4v) is 2.90. The molecular weight excluding hydrogens is 264 g/mol. The van der Waals surface area contributed by atoms with Crippen LogP contribution in [-0.2, 0) is 12.1 Å². The lowest BCUT2D eigenvalue weighted by atomic mass is 10.1. The molecule has 0 amide bonds. The Morgan fingerprint density at radius 1 is 1.19 bits per heavy atom. The van der Waals surface area contributed by atoms with Crippen molar-refractivity contribution in [2.24, 2.45) is 5.92 Å². The van der Waals surface area contributed by atoms with Crippen LogP contribution in [0.4, 0.5) is 0 Å². The summed E-state index contributed by atoms with van der Waals surface area (Å²) in [7, 11) is 0. The van der Waals surface area contributed by atoms with E-state index in [0.29, 0.717) is 11.3 Å². The van der Waals surface area contributed by atoms with Gasteiger partial charge in [-0.2, -0.15) is 0 Å². The summed E-state index contributed by atoms with van der Waals surface area (Å²) in [6, 6.07) is 5.74. The first-order valence-electron chi connectivity index (χ1n) is 7.56. The van der Waals surface area contributed by atoms with Crippen molar-refractivity contribution in [2.45, 2.75) is 52.6 Å². The molecule has 0 atom stereocenters.